The van der Waals surface area contributed by atoms with Crippen LogP contribution in [0.1, 0.15) is 26.2 Å². The average Bonchev–Trinajstić information content (AvgIpc) is 1.88. The van der Waals surface area contributed by atoms with Gasteiger partial charge >= 0.3 is 0 Å². The summed E-state index contributed by atoms with van der Waals surface area (Å²) in [7, 11) is -3.10. The molecule has 11 heavy (non-hydrogen) atoms. The zero-order chi connectivity index (χ0) is 8.91. The molecule has 0 aliphatic heterocycles. The molecular weight excluding hydrogens is 162 g/mol. The van der Waals surface area contributed by atoms with Gasteiger partial charge in [-0.3, -0.25) is 0 Å². The van der Waals surface area contributed by atoms with E-state index in [0.29, 0.717) is 6.42 Å². The van der Waals surface area contributed by atoms with Gasteiger partial charge in [-0.25, -0.2) is 8.42 Å². The Labute approximate surface area is 68.9 Å². The predicted octanol–water partition coefficient (Wildman–Crippen LogP) is 0.710. The molecule has 0 aromatic carbocycles. The molecule has 1 unspecified atom stereocenters. The minimum atomic E-state index is -3.10. The van der Waals surface area contributed by atoms with Crippen LogP contribution in [0, 0.1) is 6.92 Å². The van der Waals surface area contributed by atoms with E-state index < -0.39 is 15.2 Å². The van der Waals surface area contributed by atoms with E-state index >= 15 is 0 Å². The highest BCUT2D eigenvalue weighted by Crippen LogP contribution is 2.01. The third-order valence-electron chi connectivity index (χ3n) is 1.49. The molecule has 0 spiro atoms. The second-order valence-electron chi connectivity index (χ2n) is 2.61. The van der Waals surface area contributed by atoms with Gasteiger partial charge in [0.25, 0.3) is 0 Å². The number of sulfone groups is 1. The summed E-state index contributed by atoms with van der Waals surface area (Å²) in [6, 6.07) is 0. The van der Waals surface area contributed by atoms with Crippen molar-refractivity contribution in [2.45, 2.75) is 31.6 Å². The first-order valence-electron chi connectivity index (χ1n) is 3.81. The molecular formula is C7H16NO2S. The Morgan fingerprint density at radius 1 is 1.45 bits per heavy atom. The lowest BCUT2D eigenvalue weighted by Gasteiger charge is -2.05. The van der Waals surface area contributed by atoms with Crippen molar-refractivity contribution in [1.29, 1.82) is 0 Å². The highest BCUT2D eigenvalue weighted by Gasteiger charge is 2.14. The van der Waals surface area contributed by atoms with Gasteiger partial charge in [0.15, 0.2) is 9.84 Å². The first kappa shape index (κ1) is 10.9. The molecule has 0 heterocycles. The molecule has 0 aromatic rings. The SMILES string of the molecule is [CH2]C(N)S(=O)(=O)CCCCC. The lowest BCUT2D eigenvalue weighted by Crippen LogP contribution is -2.29. The maximum absolute atomic E-state index is 11.0. The first-order chi connectivity index (χ1) is 5.00. The van der Waals surface area contributed by atoms with E-state index in [-0.39, 0.29) is 5.75 Å². The van der Waals surface area contributed by atoms with E-state index in [1.807, 2.05) is 6.92 Å². The highest BCUT2D eigenvalue weighted by atomic mass is 32.2. The smallest absolute Gasteiger partial charge is 0.165 e. The molecule has 0 saturated heterocycles. The Bertz CT molecular complexity index is 185. The summed E-state index contributed by atoms with van der Waals surface area (Å²) in [5, 5.41) is -0.959. The predicted molar refractivity (Wildman–Crippen MR) is 46.6 cm³/mol. The molecule has 1 atom stereocenters. The van der Waals surface area contributed by atoms with Crippen molar-refractivity contribution < 1.29 is 8.42 Å². The Morgan fingerprint density at radius 2 is 2.00 bits per heavy atom. The maximum Gasteiger partial charge on any atom is 0.165 e. The molecule has 67 valence electrons. The number of rotatable bonds is 5. The standard InChI is InChI=1S/C7H16NO2S/c1-3-4-5-6-11(9,10)7(2)8/h7H,2-6,8H2,1H3. The molecule has 0 saturated carbocycles. The van der Waals surface area contributed by atoms with Gasteiger partial charge in [-0.15, -0.1) is 0 Å². The zero-order valence-electron chi connectivity index (χ0n) is 6.91. The van der Waals surface area contributed by atoms with Crippen LogP contribution in [0.15, 0.2) is 0 Å². The molecule has 0 aliphatic rings. The van der Waals surface area contributed by atoms with Crippen molar-refractivity contribution in [3.63, 3.8) is 0 Å². The fraction of sp³-hybridized carbons (Fsp3) is 0.857. The van der Waals surface area contributed by atoms with E-state index in [1.54, 1.807) is 0 Å². The summed E-state index contributed by atoms with van der Waals surface area (Å²) in [5.74, 6) is 0.172. The van der Waals surface area contributed by atoms with E-state index in [9.17, 15) is 8.42 Å². The third-order valence-corrected chi connectivity index (χ3v) is 3.27. The van der Waals surface area contributed by atoms with E-state index in [0.717, 1.165) is 12.8 Å². The van der Waals surface area contributed by atoms with Gasteiger partial charge in [-0.1, -0.05) is 19.8 Å². The summed E-state index contributed by atoms with van der Waals surface area (Å²) < 4.78 is 22.0. The minimum Gasteiger partial charge on any atom is -0.315 e. The minimum absolute atomic E-state index is 0.172. The quantitative estimate of drug-likeness (QED) is 0.631. The molecule has 0 rings (SSSR count). The topological polar surface area (TPSA) is 60.2 Å². The van der Waals surface area contributed by atoms with E-state index in [2.05, 4.69) is 6.92 Å². The Morgan fingerprint density at radius 3 is 2.36 bits per heavy atom. The Balaban J connectivity index is 3.75. The van der Waals surface area contributed by atoms with Crippen molar-refractivity contribution in [2.75, 3.05) is 5.75 Å². The summed E-state index contributed by atoms with van der Waals surface area (Å²) in [6.07, 6.45) is 2.65. The van der Waals surface area contributed by atoms with Gasteiger partial charge in [0.05, 0.1) is 5.75 Å². The molecule has 3 nitrogen and oxygen atoms in total. The van der Waals surface area contributed by atoms with Crippen LogP contribution in [-0.2, 0) is 9.84 Å². The summed E-state index contributed by atoms with van der Waals surface area (Å²) in [4.78, 5) is 0. The van der Waals surface area contributed by atoms with Crippen molar-refractivity contribution >= 4 is 9.84 Å². The Hall–Kier alpha value is -0.0900. The fourth-order valence-electron chi connectivity index (χ4n) is 0.705. The fourth-order valence-corrected chi connectivity index (χ4v) is 1.61. The van der Waals surface area contributed by atoms with Crippen molar-refractivity contribution in [3.8, 4) is 0 Å². The monoisotopic (exact) mass is 178 g/mol. The molecule has 0 amide bonds. The van der Waals surface area contributed by atoms with Crippen LogP contribution in [-0.4, -0.2) is 19.5 Å². The number of nitrogens with two attached hydrogens (primary N) is 1. The van der Waals surface area contributed by atoms with Crippen molar-refractivity contribution in [2.24, 2.45) is 5.73 Å². The molecule has 2 N–H and O–H groups in total. The lowest BCUT2D eigenvalue weighted by atomic mass is 10.3. The van der Waals surface area contributed by atoms with E-state index in [4.69, 9.17) is 5.73 Å². The molecule has 0 aromatic heterocycles. The van der Waals surface area contributed by atoms with Gasteiger partial charge in [0, 0.05) is 0 Å². The van der Waals surface area contributed by atoms with Crippen LogP contribution >= 0.6 is 0 Å². The van der Waals surface area contributed by atoms with Crippen LogP contribution in [0.25, 0.3) is 0 Å². The molecule has 0 fully saturated rings. The number of hydrogen-bond acceptors (Lipinski definition) is 3. The first-order valence-corrected chi connectivity index (χ1v) is 5.52. The van der Waals surface area contributed by atoms with Gasteiger partial charge in [-0.05, 0) is 13.3 Å². The van der Waals surface area contributed by atoms with Crippen LogP contribution in [0.3, 0.4) is 0 Å². The normalized spacial score (nSPS) is 14.8. The van der Waals surface area contributed by atoms with Crippen LogP contribution < -0.4 is 5.73 Å². The maximum atomic E-state index is 11.0. The van der Waals surface area contributed by atoms with Gasteiger partial charge in [0.1, 0.15) is 5.37 Å². The average molecular weight is 178 g/mol. The molecule has 0 bridgehead atoms. The summed E-state index contributed by atoms with van der Waals surface area (Å²) in [6.45, 7) is 5.30. The third kappa shape index (κ3) is 4.37. The molecule has 0 aliphatic carbocycles. The highest BCUT2D eigenvalue weighted by molar-refractivity contribution is 7.92. The van der Waals surface area contributed by atoms with Crippen LogP contribution in [0.4, 0.5) is 0 Å². The molecule has 1 radical (unpaired) electrons. The van der Waals surface area contributed by atoms with Crippen LogP contribution in [0.5, 0.6) is 0 Å². The zero-order valence-corrected chi connectivity index (χ0v) is 7.73. The van der Waals surface area contributed by atoms with Crippen molar-refractivity contribution in [1.82, 2.24) is 0 Å². The lowest BCUT2D eigenvalue weighted by molar-refractivity contribution is 0.584. The van der Waals surface area contributed by atoms with Crippen LogP contribution in [0.2, 0.25) is 0 Å². The number of unbranched alkanes of at least 4 members (excludes halogenated alkanes) is 2. The summed E-state index contributed by atoms with van der Waals surface area (Å²) in [5.41, 5.74) is 5.15. The van der Waals surface area contributed by atoms with Gasteiger partial charge < -0.3 is 5.73 Å². The van der Waals surface area contributed by atoms with Gasteiger partial charge in [0.2, 0.25) is 0 Å². The largest absolute Gasteiger partial charge is 0.315 e. The summed E-state index contributed by atoms with van der Waals surface area (Å²) >= 11 is 0. The Kier molecular flexibility index (Phi) is 4.68. The van der Waals surface area contributed by atoms with E-state index in [1.165, 1.54) is 0 Å². The van der Waals surface area contributed by atoms with Gasteiger partial charge in [-0.2, -0.15) is 0 Å². The van der Waals surface area contributed by atoms with Crippen molar-refractivity contribution in [3.05, 3.63) is 6.92 Å². The second-order valence-corrected chi connectivity index (χ2v) is 4.95. The molecule has 4 heteroatoms. The number of hydrogen-bond donors (Lipinski definition) is 1. The second kappa shape index (κ2) is 4.72.